The Bertz CT molecular complexity index is 898. The smallest absolute Gasteiger partial charge is 0.335 e. The molecule has 2 aromatic carbocycles. The lowest BCUT2D eigenvalue weighted by Crippen LogP contribution is -2.10. The van der Waals surface area contributed by atoms with Gasteiger partial charge in [0, 0.05) is 5.69 Å². The maximum absolute atomic E-state index is 12.3. The third-order valence-corrected chi connectivity index (χ3v) is 4.57. The summed E-state index contributed by atoms with van der Waals surface area (Å²) in [7, 11) is 1.62. The number of hydrogen-bond donors (Lipinski definition) is 2. The van der Waals surface area contributed by atoms with Gasteiger partial charge in [0.1, 0.15) is 5.75 Å². The molecule has 0 spiro atoms. The van der Waals surface area contributed by atoms with Crippen LogP contribution in [0.4, 0.5) is 5.69 Å². The Morgan fingerprint density at radius 2 is 1.68 bits per heavy atom. The Labute approximate surface area is 148 Å². The largest absolute Gasteiger partial charge is 0.497 e. The molecule has 0 atom stereocenters. The van der Waals surface area contributed by atoms with E-state index in [1.807, 2.05) is 35.7 Å². The predicted molar refractivity (Wildman–Crippen MR) is 97.7 cm³/mol. The van der Waals surface area contributed by atoms with Crippen LogP contribution >= 0.6 is 11.3 Å². The number of benzene rings is 2. The number of rotatable bonds is 5. The first-order valence-electron chi connectivity index (χ1n) is 7.44. The Morgan fingerprint density at radius 1 is 1.00 bits per heavy atom. The number of anilines is 1. The second-order valence-electron chi connectivity index (χ2n) is 5.26. The zero-order chi connectivity index (χ0) is 17.8. The van der Waals surface area contributed by atoms with E-state index in [1.165, 1.54) is 23.5 Å². The molecule has 0 aliphatic rings. The number of carbonyl (C=O) groups is 2. The Kier molecular flexibility index (Phi) is 4.81. The van der Waals surface area contributed by atoms with Gasteiger partial charge < -0.3 is 15.2 Å². The van der Waals surface area contributed by atoms with Gasteiger partial charge in [-0.25, -0.2) is 4.79 Å². The third kappa shape index (κ3) is 3.87. The summed E-state index contributed by atoms with van der Waals surface area (Å²) in [6.07, 6.45) is 0. The minimum Gasteiger partial charge on any atom is -0.497 e. The highest BCUT2D eigenvalue weighted by molar-refractivity contribution is 7.12. The lowest BCUT2D eigenvalue weighted by atomic mass is 10.1. The van der Waals surface area contributed by atoms with Crippen molar-refractivity contribution in [3.63, 3.8) is 0 Å². The van der Waals surface area contributed by atoms with Crippen molar-refractivity contribution in [2.75, 3.05) is 12.4 Å². The van der Waals surface area contributed by atoms with Crippen molar-refractivity contribution in [1.82, 2.24) is 0 Å². The predicted octanol–water partition coefficient (Wildman–Crippen LogP) is 4.37. The minimum absolute atomic E-state index is 0.177. The van der Waals surface area contributed by atoms with Gasteiger partial charge >= 0.3 is 5.97 Å². The van der Waals surface area contributed by atoms with E-state index in [9.17, 15) is 9.59 Å². The zero-order valence-corrected chi connectivity index (χ0v) is 14.2. The highest BCUT2D eigenvalue weighted by Gasteiger charge is 2.11. The summed E-state index contributed by atoms with van der Waals surface area (Å²) in [5, 5.41) is 13.6. The van der Waals surface area contributed by atoms with Crippen molar-refractivity contribution in [3.8, 4) is 16.9 Å². The maximum atomic E-state index is 12.3. The van der Waals surface area contributed by atoms with Crippen LogP contribution in [0.2, 0.25) is 0 Å². The zero-order valence-electron chi connectivity index (χ0n) is 13.4. The number of methoxy groups -OCH3 is 1. The van der Waals surface area contributed by atoms with Crippen LogP contribution in [0.15, 0.2) is 60.0 Å². The quantitative estimate of drug-likeness (QED) is 0.714. The molecular weight excluding hydrogens is 338 g/mol. The van der Waals surface area contributed by atoms with Crippen molar-refractivity contribution < 1.29 is 19.4 Å². The number of carboxylic acids is 1. The average molecular weight is 353 g/mol. The van der Waals surface area contributed by atoms with Crippen LogP contribution in [0.25, 0.3) is 11.1 Å². The van der Waals surface area contributed by atoms with E-state index in [0.29, 0.717) is 10.6 Å². The molecule has 25 heavy (non-hydrogen) atoms. The van der Waals surface area contributed by atoms with Gasteiger partial charge in [0.25, 0.3) is 5.91 Å². The summed E-state index contributed by atoms with van der Waals surface area (Å²) in [6, 6.07) is 15.5. The fourth-order valence-corrected chi connectivity index (χ4v) is 3.09. The topological polar surface area (TPSA) is 75.6 Å². The summed E-state index contributed by atoms with van der Waals surface area (Å²) in [6.45, 7) is 0. The fraction of sp³-hybridized carbons (Fsp3) is 0.0526. The Morgan fingerprint density at radius 3 is 2.28 bits per heavy atom. The molecule has 126 valence electrons. The van der Waals surface area contributed by atoms with Gasteiger partial charge in [-0.15, -0.1) is 11.3 Å². The molecule has 1 amide bonds. The van der Waals surface area contributed by atoms with Crippen LogP contribution < -0.4 is 10.1 Å². The van der Waals surface area contributed by atoms with Gasteiger partial charge in [-0.1, -0.05) is 12.1 Å². The monoisotopic (exact) mass is 353 g/mol. The summed E-state index contributed by atoms with van der Waals surface area (Å²) in [5.74, 6) is -0.449. The van der Waals surface area contributed by atoms with Crippen LogP contribution in [-0.4, -0.2) is 24.1 Å². The Hall–Kier alpha value is -3.12. The molecular formula is C19H15NO4S. The lowest BCUT2D eigenvalue weighted by Gasteiger charge is -2.04. The van der Waals surface area contributed by atoms with Gasteiger partial charge in [-0.3, -0.25) is 4.79 Å². The van der Waals surface area contributed by atoms with Gasteiger partial charge in [-0.2, -0.15) is 0 Å². The van der Waals surface area contributed by atoms with E-state index in [0.717, 1.165) is 16.9 Å². The highest BCUT2D eigenvalue weighted by atomic mass is 32.1. The van der Waals surface area contributed by atoms with E-state index in [1.54, 1.807) is 19.2 Å². The first kappa shape index (κ1) is 16.7. The van der Waals surface area contributed by atoms with Crippen LogP contribution in [-0.2, 0) is 0 Å². The van der Waals surface area contributed by atoms with Crippen molar-refractivity contribution >= 4 is 28.9 Å². The van der Waals surface area contributed by atoms with E-state index < -0.39 is 5.97 Å². The van der Waals surface area contributed by atoms with Crippen molar-refractivity contribution in [2.45, 2.75) is 0 Å². The molecule has 0 saturated heterocycles. The molecule has 5 nitrogen and oxygen atoms in total. The van der Waals surface area contributed by atoms with Crippen molar-refractivity contribution in [3.05, 3.63) is 70.4 Å². The summed E-state index contributed by atoms with van der Waals surface area (Å²) >= 11 is 1.35. The van der Waals surface area contributed by atoms with Gasteiger partial charge in [-0.05, 0) is 59.0 Å². The van der Waals surface area contributed by atoms with Gasteiger partial charge in [0.2, 0.25) is 0 Å². The minimum atomic E-state index is -1.000. The van der Waals surface area contributed by atoms with Gasteiger partial charge in [0.15, 0.2) is 0 Å². The first-order chi connectivity index (χ1) is 12.1. The van der Waals surface area contributed by atoms with Crippen molar-refractivity contribution in [2.24, 2.45) is 0 Å². The number of carbonyl (C=O) groups excluding carboxylic acids is 1. The molecule has 0 aliphatic heterocycles. The number of amides is 1. The molecule has 0 fully saturated rings. The molecule has 1 aromatic heterocycles. The number of ether oxygens (including phenoxy) is 1. The number of nitrogens with one attached hydrogen (secondary N) is 1. The molecule has 1 heterocycles. The number of carboxylic acid groups (broad SMARTS) is 1. The second-order valence-corrected chi connectivity index (χ2v) is 6.18. The molecule has 0 unspecified atom stereocenters. The molecule has 3 rings (SSSR count). The molecule has 0 aliphatic carbocycles. The van der Waals surface area contributed by atoms with Crippen LogP contribution in [0.5, 0.6) is 5.75 Å². The fourth-order valence-electron chi connectivity index (χ4n) is 2.28. The molecule has 0 saturated carbocycles. The second kappa shape index (κ2) is 7.19. The normalized spacial score (nSPS) is 10.3. The number of thiophene rings is 1. The summed E-state index contributed by atoms with van der Waals surface area (Å²) in [4.78, 5) is 23.8. The lowest BCUT2D eigenvalue weighted by molar-refractivity contribution is 0.0696. The standard InChI is InChI=1S/C19H15NO4S/c1-24-16-8-4-12(5-9-16)14-10-17(25-11-14)18(21)20-15-6-2-13(3-7-15)19(22)23/h2-11H,1H3,(H,20,21)(H,22,23). The molecule has 3 aromatic rings. The van der Waals surface area contributed by atoms with E-state index in [4.69, 9.17) is 9.84 Å². The molecule has 0 radical (unpaired) electrons. The van der Waals surface area contributed by atoms with Crippen LogP contribution in [0.1, 0.15) is 20.0 Å². The van der Waals surface area contributed by atoms with Gasteiger partial charge in [0.05, 0.1) is 17.6 Å². The molecule has 6 heteroatoms. The number of hydrogen-bond acceptors (Lipinski definition) is 4. The summed E-state index contributed by atoms with van der Waals surface area (Å²) in [5.41, 5.74) is 2.69. The third-order valence-electron chi connectivity index (χ3n) is 3.64. The molecule has 0 bridgehead atoms. The first-order valence-corrected chi connectivity index (χ1v) is 8.32. The Balaban J connectivity index is 1.72. The summed E-state index contributed by atoms with van der Waals surface area (Å²) < 4.78 is 5.14. The maximum Gasteiger partial charge on any atom is 0.335 e. The van der Waals surface area contributed by atoms with Crippen LogP contribution in [0.3, 0.4) is 0 Å². The van der Waals surface area contributed by atoms with E-state index >= 15 is 0 Å². The van der Waals surface area contributed by atoms with Crippen LogP contribution in [0, 0.1) is 0 Å². The van der Waals surface area contributed by atoms with E-state index in [2.05, 4.69) is 5.32 Å². The van der Waals surface area contributed by atoms with E-state index in [-0.39, 0.29) is 11.5 Å². The van der Waals surface area contributed by atoms with Crippen molar-refractivity contribution in [1.29, 1.82) is 0 Å². The average Bonchev–Trinajstić information content (AvgIpc) is 3.12. The molecule has 2 N–H and O–H groups in total. The number of aromatic carboxylic acids is 1. The SMILES string of the molecule is COc1ccc(-c2csc(C(=O)Nc3ccc(C(=O)O)cc3)c2)cc1. The highest BCUT2D eigenvalue weighted by Crippen LogP contribution is 2.27.